The van der Waals surface area contributed by atoms with Crippen LogP contribution in [0.3, 0.4) is 0 Å². The Morgan fingerprint density at radius 2 is 1.68 bits per heavy atom. The van der Waals surface area contributed by atoms with Gasteiger partial charge in [0.2, 0.25) is 0 Å². The normalized spacial score (nSPS) is 11.8. The molecule has 98 valence electrons. The molecule has 0 saturated heterocycles. The molecule has 1 atom stereocenters. The third-order valence-corrected chi connectivity index (χ3v) is 4.20. The second-order valence-corrected chi connectivity index (χ2v) is 5.85. The van der Waals surface area contributed by atoms with Crippen LogP contribution in [0.4, 0.5) is 5.69 Å². The molecule has 1 unspecified atom stereocenters. The van der Waals surface area contributed by atoms with Crippen molar-refractivity contribution in [3.8, 4) is 0 Å². The van der Waals surface area contributed by atoms with Crippen LogP contribution in [0, 0.1) is 0 Å². The molecule has 2 aromatic rings. The molecule has 0 bridgehead atoms. The van der Waals surface area contributed by atoms with Crippen molar-refractivity contribution >= 4 is 30.2 Å². The zero-order valence-corrected chi connectivity index (χ0v) is 11.5. The summed E-state index contributed by atoms with van der Waals surface area (Å²) in [5, 5.41) is 11.2. The monoisotopic (exact) mass is 325 g/mol. The van der Waals surface area contributed by atoms with Crippen molar-refractivity contribution in [3.05, 3.63) is 60.2 Å². The van der Waals surface area contributed by atoms with Crippen molar-refractivity contribution in [2.75, 3.05) is 5.32 Å². The van der Waals surface area contributed by atoms with E-state index in [2.05, 4.69) is 9.29 Å². The van der Waals surface area contributed by atoms with E-state index in [9.17, 15) is 8.63 Å². The van der Waals surface area contributed by atoms with E-state index in [-0.39, 0.29) is 10.0 Å². The Kier molecular flexibility index (Phi) is 4.54. The number of amides is 1. The Morgan fingerprint density at radius 3 is 2.37 bits per heavy atom. The first-order valence-electron chi connectivity index (χ1n) is 5.41. The first kappa shape index (κ1) is 13.6. The zero-order valence-electron chi connectivity index (χ0n) is 9.78. The molecule has 0 radical (unpaired) electrons. The third kappa shape index (κ3) is 3.33. The number of hydrogen-bond donors (Lipinski definition) is 2. The van der Waals surface area contributed by atoms with Crippen LogP contribution < -0.4 is 9.78 Å². The predicted molar refractivity (Wildman–Crippen MR) is 70.6 cm³/mol. The van der Waals surface area contributed by atoms with Crippen LogP contribution in [0.1, 0.15) is 10.4 Å². The molecule has 0 aliphatic carbocycles. The summed E-state index contributed by atoms with van der Waals surface area (Å²) >= 11 is -3.06. The van der Waals surface area contributed by atoms with Gasteiger partial charge in [-0.2, -0.15) is 0 Å². The molecule has 19 heavy (non-hydrogen) atoms. The van der Waals surface area contributed by atoms with Gasteiger partial charge in [0.1, 0.15) is 0 Å². The number of benzene rings is 2. The average Bonchev–Trinajstić information content (AvgIpc) is 2.47. The topological polar surface area (TPSA) is 75.6 Å². The van der Waals surface area contributed by atoms with Crippen molar-refractivity contribution in [2.24, 2.45) is 0 Å². The van der Waals surface area contributed by atoms with E-state index in [1.54, 1.807) is 36.4 Å². The van der Waals surface area contributed by atoms with Gasteiger partial charge >= 0.3 is 114 Å². The molecule has 0 spiro atoms. The molecule has 0 heterocycles. The van der Waals surface area contributed by atoms with E-state index in [1.165, 1.54) is 12.1 Å². The van der Waals surface area contributed by atoms with Crippen molar-refractivity contribution in [1.82, 2.24) is 0 Å². The van der Waals surface area contributed by atoms with Crippen molar-refractivity contribution < 1.29 is 17.9 Å². The Balaban J connectivity index is 2.27. The molecule has 0 aliphatic rings. The number of rotatable bonds is 4. The van der Waals surface area contributed by atoms with Crippen LogP contribution in [0.15, 0.2) is 54.6 Å². The molecule has 0 aliphatic heterocycles. The average molecular weight is 324 g/mol. The van der Waals surface area contributed by atoms with Gasteiger partial charge in [0.05, 0.1) is 0 Å². The fourth-order valence-electron chi connectivity index (χ4n) is 1.56. The Hall–Kier alpha value is -1.85. The molecule has 5 nitrogen and oxygen atoms in total. The van der Waals surface area contributed by atoms with Crippen LogP contribution >= 0.6 is 0 Å². The van der Waals surface area contributed by atoms with Crippen LogP contribution in [0.25, 0.3) is 0 Å². The summed E-state index contributed by atoms with van der Waals surface area (Å²) in [5.74, 6) is -0.400. The number of carbonyl (C=O) groups excluding carboxylic acids is 1. The van der Waals surface area contributed by atoms with E-state index >= 15 is 0 Å². The van der Waals surface area contributed by atoms with Gasteiger partial charge in [-0.05, 0) is 0 Å². The van der Waals surface area contributed by atoms with Gasteiger partial charge < -0.3 is 0 Å². The van der Waals surface area contributed by atoms with Gasteiger partial charge in [0, 0.05) is 0 Å². The molecule has 0 fully saturated rings. The third-order valence-electron chi connectivity index (χ3n) is 2.41. The number of anilines is 1. The number of nitrogens with one attached hydrogen (secondary N) is 1. The van der Waals surface area contributed by atoms with Crippen molar-refractivity contribution in [2.45, 2.75) is 0 Å². The van der Waals surface area contributed by atoms with Gasteiger partial charge in [0.15, 0.2) is 0 Å². The van der Waals surface area contributed by atoms with Gasteiger partial charge in [-0.3, -0.25) is 0 Å². The number of para-hydroxylation sites is 1. The second kappa shape index (κ2) is 6.36. The van der Waals surface area contributed by atoms with Crippen LogP contribution in [-0.4, -0.2) is 25.3 Å². The fourth-order valence-corrected chi connectivity index (χ4v) is 2.84. The van der Waals surface area contributed by atoms with Crippen LogP contribution in [0.5, 0.6) is 0 Å². The maximum absolute atomic E-state index is 12.1. The molecule has 0 aromatic heterocycles. The van der Waals surface area contributed by atoms with Crippen LogP contribution in [0.2, 0.25) is 0 Å². The first-order chi connectivity index (χ1) is 9.22. The van der Waals surface area contributed by atoms with Gasteiger partial charge in [-0.25, -0.2) is 0 Å². The maximum atomic E-state index is 12.1. The minimum atomic E-state index is -3.06. The Morgan fingerprint density at radius 1 is 1.05 bits per heavy atom. The van der Waals surface area contributed by atoms with E-state index in [0.29, 0.717) is 5.69 Å². The first-order valence-corrected chi connectivity index (χ1v) is 7.67. The molecular formula is C13H11NO4Se. The van der Waals surface area contributed by atoms with Gasteiger partial charge in [-0.1, -0.05) is 0 Å². The van der Waals surface area contributed by atoms with E-state index < -0.39 is 20.1 Å². The summed E-state index contributed by atoms with van der Waals surface area (Å²) in [6.07, 6.45) is 0. The minimum absolute atomic E-state index is 0.207. The Labute approximate surface area is 114 Å². The molecule has 2 N–H and O–H groups in total. The van der Waals surface area contributed by atoms with E-state index in [4.69, 9.17) is 5.26 Å². The number of carbonyl (C=O) groups is 1. The zero-order chi connectivity index (χ0) is 13.7. The molecular weight excluding hydrogens is 313 g/mol. The van der Waals surface area contributed by atoms with E-state index in [0.717, 1.165) is 0 Å². The molecule has 2 rings (SSSR count). The SMILES string of the molecule is O=C(Nc1ccccc1)c1ccccc1[Se](=O)OO. The molecule has 1 amide bonds. The van der Waals surface area contributed by atoms with E-state index in [1.807, 2.05) is 6.07 Å². The summed E-state index contributed by atoms with van der Waals surface area (Å²) < 4.78 is 15.6. The van der Waals surface area contributed by atoms with Crippen molar-refractivity contribution in [1.29, 1.82) is 0 Å². The number of hydrogen-bond acceptors (Lipinski definition) is 4. The molecule has 2 aromatic carbocycles. The summed E-state index contributed by atoms with van der Waals surface area (Å²) in [7, 11) is 0. The summed E-state index contributed by atoms with van der Waals surface area (Å²) in [6, 6.07) is 15.2. The molecule has 0 saturated carbocycles. The summed E-state index contributed by atoms with van der Waals surface area (Å²) in [6.45, 7) is 0. The molecule has 6 heteroatoms. The second-order valence-electron chi connectivity index (χ2n) is 3.63. The predicted octanol–water partition coefficient (Wildman–Crippen LogP) is 1.55. The quantitative estimate of drug-likeness (QED) is 0.508. The Bertz CT molecular complexity index is 601. The van der Waals surface area contributed by atoms with Crippen molar-refractivity contribution in [3.63, 3.8) is 0 Å². The van der Waals surface area contributed by atoms with Gasteiger partial charge in [-0.15, -0.1) is 0 Å². The standard InChI is InChI=1S/C13H11NO4Se/c15-13(14-10-6-2-1-3-7-10)11-8-4-5-9-12(11)19(17)18-16/h1-9,16H,(H,14,15). The van der Waals surface area contributed by atoms with Gasteiger partial charge in [0.25, 0.3) is 0 Å². The summed E-state index contributed by atoms with van der Waals surface area (Å²) in [5.41, 5.74) is 0.857. The van der Waals surface area contributed by atoms with Crippen LogP contribution in [-0.2, 0) is 7.80 Å². The fraction of sp³-hybridized carbons (Fsp3) is 0. The summed E-state index contributed by atoms with van der Waals surface area (Å²) in [4.78, 5) is 12.1.